The van der Waals surface area contributed by atoms with Gasteiger partial charge < -0.3 is 13.9 Å². The largest absolute Gasteiger partial charge is 0.497 e. The Morgan fingerprint density at radius 1 is 1.41 bits per heavy atom. The van der Waals surface area contributed by atoms with Gasteiger partial charge in [0.15, 0.2) is 0 Å². The zero-order chi connectivity index (χ0) is 12.3. The van der Waals surface area contributed by atoms with Gasteiger partial charge in [-0.1, -0.05) is 11.6 Å². The molecular weight excluding hydrogens is 242 g/mol. The summed E-state index contributed by atoms with van der Waals surface area (Å²) < 4.78 is 15.7. The monoisotopic (exact) mass is 253 g/mol. The highest BCUT2D eigenvalue weighted by atomic mass is 35.5. The van der Waals surface area contributed by atoms with Crippen LogP contribution < -0.4 is 9.47 Å². The van der Waals surface area contributed by atoms with Crippen molar-refractivity contribution in [3.8, 4) is 23.1 Å². The fourth-order valence-electron chi connectivity index (χ4n) is 1.39. The third kappa shape index (κ3) is 2.53. The lowest BCUT2D eigenvalue weighted by atomic mass is 10.2. The van der Waals surface area contributed by atoms with Crippen molar-refractivity contribution in [2.45, 2.75) is 6.92 Å². The molecule has 2 aromatic rings. The number of rotatable bonds is 4. The zero-order valence-corrected chi connectivity index (χ0v) is 10.3. The minimum Gasteiger partial charge on any atom is -0.497 e. The van der Waals surface area contributed by atoms with E-state index in [1.54, 1.807) is 25.3 Å². The van der Waals surface area contributed by atoms with Crippen LogP contribution in [0.1, 0.15) is 6.92 Å². The minimum absolute atomic E-state index is 0.384. The van der Waals surface area contributed by atoms with Crippen LogP contribution in [0.5, 0.6) is 11.7 Å². The topological polar surface area (TPSA) is 44.5 Å². The summed E-state index contributed by atoms with van der Waals surface area (Å²) in [5.41, 5.74) is 0.707. The highest BCUT2D eigenvalue weighted by Gasteiger charge is 2.11. The summed E-state index contributed by atoms with van der Waals surface area (Å²) in [7, 11) is 1.59. The Kier molecular flexibility index (Phi) is 3.54. The first-order chi connectivity index (χ1) is 8.24. The van der Waals surface area contributed by atoms with Crippen LogP contribution in [0.25, 0.3) is 11.5 Å². The summed E-state index contributed by atoms with van der Waals surface area (Å²) >= 11 is 6.11. The van der Waals surface area contributed by atoms with Crippen LogP contribution in [0.15, 0.2) is 28.8 Å². The second-order valence-corrected chi connectivity index (χ2v) is 3.67. The molecule has 2 rings (SSSR count). The summed E-state index contributed by atoms with van der Waals surface area (Å²) in [4.78, 5) is 4.10. The molecule has 0 fully saturated rings. The Labute approximate surface area is 104 Å². The average molecular weight is 254 g/mol. The van der Waals surface area contributed by atoms with E-state index >= 15 is 0 Å². The molecule has 1 heterocycles. The van der Waals surface area contributed by atoms with Crippen molar-refractivity contribution in [3.63, 3.8) is 0 Å². The van der Waals surface area contributed by atoms with Gasteiger partial charge in [0.1, 0.15) is 11.9 Å². The summed E-state index contributed by atoms with van der Waals surface area (Å²) in [6.45, 7) is 2.41. The van der Waals surface area contributed by atoms with Crippen LogP contribution >= 0.6 is 11.6 Å². The Morgan fingerprint density at radius 3 is 2.88 bits per heavy atom. The molecule has 17 heavy (non-hydrogen) atoms. The van der Waals surface area contributed by atoms with Crippen molar-refractivity contribution >= 4 is 11.6 Å². The van der Waals surface area contributed by atoms with E-state index in [1.807, 2.05) is 6.92 Å². The van der Waals surface area contributed by atoms with E-state index < -0.39 is 0 Å². The zero-order valence-electron chi connectivity index (χ0n) is 9.57. The smallest absolute Gasteiger partial charge is 0.305 e. The fourth-order valence-corrected chi connectivity index (χ4v) is 1.64. The summed E-state index contributed by atoms with van der Waals surface area (Å²) in [5, 5.41) is 0.522. The Bertz CT molecular complexity index is 510. The molecule has 0 atom stereocenters. The van der Waals surface area contributed by atoms with E-state index in [-0.39, 0.29) is 0 Å². The van der Waals surface area contributed by atoms with E-state index in [0.717, 1.165) is 0 Å². The number of aromatic nitrogens is 1. The number of halogens is 1. The van der Waals surface area contributed by atoms with Gasteiger partial charge in [-0.15, -0.1) is 0 Å². The van der Waals surface area contributed by atoms with Crippen LogP contribution in [-0.2, 0) is 0 Å². The average Bonchev–Trinajstić information content (AvgIpc) is 2.78. The molecule has 4 nitrogen and oxygen atoms in total. The molecule has 0 aliphatic rings. The predicted octanol–water partition coefficient (Wildman–Crippen LogP) is 3.40. The molecule has 1 aromatic carbocycles. The first-order valence-corrected chi connectivity index (χ1v) is 5.55. The van der Waals surface area contributed by atoms with Crippen molar-refractivity contribution in [3.05, 3.63) is 29.4 Å². The van der Waals surface area contributed by atoms with Crippen molar-refractivity contribution < 1.29 is 13.9 Å². The highest BCUT2D eigenvalue weighted by Crippen LogP contribution is 2.32. The quantitative estimate of drug-likeness (QED) is 0.838. The van der Waals surface area contributed by atoms with Crippen molar-refractivity contribution in [2.75, 3.05) is 13.7 Å². The molecule has 0 N–H and O–H groups in total. The van der Waals surface area contributed by atoms with E-state index in [1.165, 1.54) is 6.20 Å². The van der Waals surface area contributed by atoms with Crippen LogP contribution in [-0.4, -0.2) is 18.7 Å². The molecule has 0 spiro atoms. The SMILES string of the molecule is CCOc1cnc(-c2ccc(OC)cc2Cl)o1. The van der Waals surface area contributed by atoms with Crippen LogP contribution in [0.4, 0.5) is 0 Å². The van der Waals surface area contributed by atoms with E-state index in [4.69, 9.17) is 25.5 Å². The maximum atomic E-state index is 6.11. The predicted molar refractivity (Wildman–Crippen MR) is 64.7 cm³/mol. The van der Waals surface area contributed by atoms with Gasteiger partial charge in [-0.05, 0) is 25.1 Å². The number of hydrogen-bond donors (Lipinski definition) is 0. The van der Waals surface area contributed by atoms with Gasteiger partial charge in [0.25, 0.3) is 0 Å². The van der Waals surface area contributed by atoms with E-state index in [0.29, 0.717) is 34.8 Å². The van der Waals surface area contributed by atoms with Crippen LogP contribution in [0.2, 0.25) is 5.02 Å². The number of hydrogen-bond acceptors (Lipinski definition) is 4. The van der Waals surface area contributed by atoms with Crippen molar-refractivity contribution in [1.82, 2.24) is 4.98 Å². The highest BCUT2D eigenvalue weighted by molar-refractivity contribution is 6.33. The molecule has 5 heteroatoms. The summed E-state index contributed by atoms with van der Waals surface area (Å²) in [6, 6.07) is 5.30. The van der Waals surface area contributed by atoms with Crippen molar-refractivity contribution in [1.29, 1.82) is 0 Å². The summed E-state index contributed by atoms with van der Waals surface area (Å²) in [5.74, 6) is 1.51. The van der Waals surface area contributed by atoms with Gasteiger partial charge in [0.05, 0.1) is 24.3 Å². The molecule has 0 amide bonds. The van der Waals surface area contributed by atoms with Gasteiger partial charge in [-0.25, -0.2) is 4.98 Å². The lowest BCUT2D eigenvalue weighted by Gasteiger charge is -2.03. The fraction of sp³-hybridized carbons (Fsp3) is 0.250. The molecule has 0 saturated carbocycles. The molecule has 0 unspecified atom stereocenters. The molecule has 0 radical (unpaired) electrons. The Hall–Kier alpha value is -1.68. The third-order valence-electron chi connectivity index (χ3n) is 2.18. The molecule has 0 bridgehead atoms. The van der Waals surface area contributed by atoms with Crippen molar-refractivity contribution in [2.24, 2.45) is 0 Å². The van der Waals surface area contributed by atoms with E-state index in [9.17, 15) is 0 Å². The number of methoxy groups -OCH3 is 1. The number of nitrogens with zero attached hydrogens (tertiary/aromatic N) is 1. The summed E-state index contributed by atoms with van der Waals surface area (Å²) in [6.07, 6.45) is 1.53. The normalized spacial score (nSPS) is 10.3. The van der Waals surface area contributed by atoms with Crippen LogP contribution in [0.3, 0.4) is 0 Å². The molecule has 90 valence electrons. The lowest BCUT2D eigenvalue weighted by Crippen LogP contribution is -1.88. The van der Waals surface area contributed by atoms with Gasteiger partial charge in [0.2, 0.25) is 5.89 Å². The maximum Gasteiger partial charge on any atom is 0.305 e. The Balaban J connectivity index is 2.32. The van der Waals surface area contributed by atoms with Gasteiger partial charge in [-0.2, -0.15) is 0 Å². The standard InChI is InChI=1S/C12H12ClNO3/c1-3-16-11-7-14-12(17-11)9-5-4-8(15-2)6-10(9)13/h4-7H,3H2,1-2H3. The maximum absolute atomic E-state index is 6.11. The molecule has 0 aliphatic heterocycles. The molecule has 0 saturated heterocycles. The third-order valence-corrected chi connectivity index (χ3v) is 2.49. The minimum atomic E-state index is 0.384. The van der Waals surface area contributed by atoms with Gasteiger partial charge in [0, 0.05) is 0 Å². The van der Waals surface area contributed by atoms with Crippen LogP contribution in [0, 0.1) is 0 Å². The second kappa shape index (κ2) is 5.10. The van der Waals surface area contributed by atoms with E-state index in [2.05, 4.69) is 4.98 Å². The molecular formula is C12H12ClNO3. The first-order valence-electron chi connectivity index (χ1n) is 5.17. The number of ether oxygens (including phenoxy) is 2. The number of benzene rings is 1. The molecule has 1 aromatic heterocycles. The second-order valence-electron chi connectivity index (χ2n) is 3.26. The lowest BCUT2D eigenvalue weighted by molar-refractivity contribution is 0.260. The van der Waals surface area contributed by atoms with Gasteiger partial charge >= 0.3 is 5.95 Å². The van der Waals surface area contributed by atoms with Gasteiger partial charge in [-0.3, -0.25) is 0 Å². The Morgan fingerprint density at radius 2 is 2.24 bits per heavy atom. The number of oxazole rings is 1. The first kappa shape index (κ1) is 11.8. The molecule has 0 aliphatic carbocycles.